The fourth-order valence-electron chi connectivity index (χ4n) is 1.66. The van der Waals surface area contributed by atoms with Gasteiger partial charge in [-0.2, -0.15) is 0 Å². The molecule has 2 rings (SSSR count). The first-order valence-electron chi connectivity index (χ1n) is 4.92. The summed E-state index contributed by atoms with van der Waals surface area (Å²) < 4.78 is 37.7. The predicted octanol–water partition coefficient (Wildman–Crippen LogP) is 3.59. The molecule has 1 fully saturated rings. The van der Waals surface area contributed by atoms with Gasteiger partial charge in [0.2, 0.25) is 0 Å². The molecule has 1 saturated carbocycles. The molecular weight excluding hydrogens is 239 g/mol. The van der Waals surface area contributed by atoms with Crippen LogP contribution < -0.4 is 5.73 Å². The first-order valence-corrected chi connectivity index (χ1v) is 4.92. The Kier molecular flexibility index (Phi) is 4.21. The molecule has 0 amide bonds. The molecule has 1 nitrogen and oxygen atoms in total. The highest BCUT2D eigenvalue weighted by atomic mass is 35.5. The molecule has 5 heteroatoms. The lowest BCUT2D eigenvalue weighted by molar-refractivity contribution is 0.146. The maximum Gasteiger partial charge on any atom is 0.266 e. The van der Waals surface area contributed by atoms with Gasteiger partial charge in [-0.25, -0.2) is 13.2 Å². The van der Waals surface area contributed by atoms with Crippen molar-refractivity contribution in [1.82, 2.24) is 0 Å². The van der Waals surface area contributed by atoms with Crippen molar-refractivity contribution in [3.8, 4) is 0 Å². The second kappa shape index (κ2) is 5.06. The number of rotatable bonds is 3. The topological polar surface area (TPSA) is 26.0 Å². The van der Waals surface area contributed by atoms with E-state index in [1.165, 1.54) is 6.07 Å². The minimum atomic E-state index is -2.77. The highest BCUT2D eigenvalue weighted by Gasteiger charge is 2.30. The van der Waals surface area contributed by atoms with Crippen LogP contribution in [0.5, 0.6) is 0 Å². The van der Waals surface area contributed by atoms with E-state index in [1.807, 2.05) is 0 Å². The van der Waals surface area contributed by atoms with Gasteiger partial charge < -0.3 is 5.73 Å². The van der Waals surface area contributed by atoms with Gasteiger partial charge in [-0.05, 0) is 30.4 Å². The summed E-state index contributed by atoms with van der Waals surface area (Å²) in [6, 6.07) is 3.53. The summed E-state index contributed by atoms with van der Waals surface area (Å²) in [5.41, 5.74) is 5.90. The number of alkyl halides is 2. The van der Waals surface area contributed by atoms with E-state index in [0.29, 0.717) is 11.5 Å². The Hall–Kier alpha value is -0.740. The zero-order valence-electron chi connectivity index (χ0n) is 8.50. The van der Waals surface area contributed by atoms with E-state index in [0.717, 1.165) is 25.0 Å². The molecular formula is C11H13ClF3N. The summed E-state index contributed by atoms with van der Waals surface area (Å²) in [4.78, 5) is 0. The van der Waals surface area contributed by atoms with E-state index >= 15 is 0 Å². The summed E-state index contributed by atoms with van der Waals surface area (Å²) >= 11 is 0. The Morgan fingerprint density at radius 3 is 2.31 bits per heavy atom. The van der Waals surface area contributed by atoms with Crippen LogP contribution in [0.25, 0.3) is 0 Å². The molecule has 0 heterocycles. The van der Waals surface area contributed by atoms with Crippen molar-refractivity contribution in [3.63, 3.8) is 0 Å². The van der Waals surface area contributed by atoms with E-state index < -0.39 is 17.8 Å². The van der Waals surface area contributed by atoms with Crippen LogP contribution >= 0.6 is 12.4 Å². The van der Waals surface area contributed by atoms with Gasteiger partial charge in [0.1, 0.15) is 5.82 Å². The van der Waals surface area contributed by atoms with Crippen molar-refractivity contribution < 1.29 is 13.2 Å². The Labute approximate surface area is 98.2 Å². The van der Waals surface area contributed by atoms with Crippen molar-refractivity contribution in [3.05, 3.63) is 35.1 Å². The fourth-order valence-corrected chi connectivity index (χ4v) is 1.66. The van der Waals surface area contributed by atoms with Crippen LogP contribution in [0.2, 0.25) is 0 Å². The van der Waals surface area contributed by atoms with Crippen LogP contribution in [0.4, 0.5) is 13.2 Å². The second-order valence-corrected chi connectivity index (χ2v) is 3.94. The lowest BCUT2D eigenvalue weighted by atomic mass is 10.0. The van der Waals surface area contributed by atoms with Crippen molar-refractivity contribution in [2.75, 3.05) is 0 Å². The van der Waals surface area contributed by atoms with Crippen LogP contribution in [-0.2, 0) is 0 Å². The molecule has 1 aliphatic carbocycles. The first-order chi connectivity index (χ1) is 7.09. The van der Waals surface area contributed by atoms with Gasteiger partial charge in [0.05, 0.1) is 5.56 Å². The lowest BCUT2D eigenvalue weighted by Crippen LogP contribution is -2.12. The first kappa shape index (κ1) is 13.3. The van der Waals surface area contributed by atoms with Crippen molar-refractivity contribution in [2.45, 2.75) is 25.3 Å². The fraction of sp³-hybridized carbons (Fsp3) is 0.455. The van der Waals surface area contributed by atoms with Crippen LogP contribution in [-0.4, -0.2) is 0 Å². The van der Waals surface area contributed by atoms with Gasteiger partial charge >= 0.3 is 0 Å². The number of hydrogen-bond donors (Lipinski definition) is 1. The molecule has 0 radical (unpaired) electrons. The van der Waals surface area contributed by atoms with Gasteiger partial charge in [-0.3, -0.25) is 0 Å². The average Bonchev–Trinajstić information content (AvgIpc) is 2.99. The number of nitrogens with two attached hydrogens (primary N) is 1. The number of hydrogen-bond acceptors (Lipinski definition) is 1. The average molecular weight is 252 g/mol. The largest absolute Gasteiger partial charge is 0.324 e. The normalized spacial score (nSPS) is 17.1. The molecule has 0 bridgehead atoms. The number of benzene rings is 1. The maximum atomic E-state index is 13.2. The third kappa shape index (κ3) is 2.68. The summed E-state index contributed by atoms with van der Waals surface area (Å²) in [6.07, 6.45) is -0.685. The highest BCUT2D eigenvalue weighted by Crippen LogP contribution is 2.39. The lowest BCUT2D eigenvalue weighted by Gasteiger charge is -2.12. The number of halogens is 4. The Morgan fingerprint density at radius 2 is 1.88 bits per heavy atom. The Bertz CT molecular complexity index is 366. The molecule has 1 aromatic rings. The molecule has 0 saturated heterocycles. The van der Waals surface area contributed by atoms with Gasteiger partial charge in [-0.1, -0.05) is 12.1 Å². The Balaban J connectivity index is 0.00000128. The van der Waals surface area contributed by atoms with Gasteiger partial charge in [0, 0.05) is 6.04 Å². The SMILES string of the molecule is Cl.N[C@H](c1ccc(C(F)F)c(F)c1)C1CC1. The molecule has 0 aliphatic heterocycles. The zero-order chi connectivity index (χ0) is 11.0. The smallest absolute Gasteiger partial charge is 0.266 e. The second-order valence-electron chi connectivity index (χ2n) is 3.94. The van der Waals surface area contributed by atoms with Crippen LogP contribution in [0.15, 0.2) is 18.2 Å². The summed E-state index contributed by atoms with van der Waals surface area (Å²) in [5.74, 6) is -0.472. The van der Waals surface area contributed by atoms with E-state index in [1.54, 1.807) is 0 Å². The standard InChI is InChI=1S/C11H12F3N.ClH/c12-9-5-7(10(15)6-1-2-6)3-4-8(9)11(13)14;/h3-6,10-11H,1-2,15H2;1H/t10-;/m0./s1. The molecule has 2 N–H and O–H groups in total. The van der Waals surface area contributed by atoms with Crippen LogP contribution in [0, 0.1) is 11.7 Å². The predicted molar refractivity (Wildman–Crippen MR) is 58.3 cm³/mol. The monoisotopic (exact) mass is 251 g/mol. The molecule has 0 aromatic heterocycles. The molecule has 1 aliphatic rings. The molecule has 16 heavy (non-hydrogen) atoms. The quantitative estimate of drug-likeness (QED) is 0.873. The molecule has 0 unspecified atom stereocenters. The zero-order valence-corrected chi connectivity index (χ0v) is 9.31. The third-order valence-corrected chi connectivity index (χ3v) is 2.77. The summed E-state index contributed by atoms with van der Waals surface area (Å²) in [6.45, 7) is 0. The van der Waals surface area contributed by atoms with E-state index in [4.69, 9.17) is 5.73 Å². The van der Waals surface area contributed by atoms with Crippen LogP contribution in [0.1, 0.15) is 36.4 Å². The summed E-state index contributed by atoms with van der Waals surface area (Å²) in [5, 5.41) is 0. The van der Waals surface area contributed by atoms with Crippen LogP contribution in [0.3, 0.4) is 0 Å². The maximum absolute atomic E-state index is 13.2. The summed E-state index contributed by atoms with van der Waals surface area (Å²) in [7, 11) is 0. The van der Waals surface area contributed by atoms with Gasteiger partial charge in [-0.15, -0.1) is 12.4 Å². The van der Waals surface area contributed by atoms with Gasteiger partial charge in [0.15, 0.2) is 0 Å². The Morgan fingerprint density at radius 1 is 1.25 bits per heavy atom. The highest BCUT2D eigenvalue weighted by molar-refractivity contribution is 5.85. The van der Waals surface area contributed by atoms with Crippen molar-refractivity contribution in [2.24, 2.45) is 11.7 Å². The van der Waals surface area contributed by atoms with E-state index in [-0.39, 0.29) is 18.4 Å². The minimum absolute atomic E-state index is 0. The van der Waals surface area contributed by atoms with E-state index in [9.17, 15) is 13.2 Å². The van der Waals surface area contributed by atoms with Crippen molar-refractivity contribution >= 4 is 12.4 Å². The molecule has 1 atom stereocenters. The van der Waals surface area contributed by atoms with E-state index in [2.05, 4.69) is 0 Å². The molecule has 90 valence electrons. The minimum Gasteiger partial charge on any atom is -0.324 e. The molecule has 0 spiro atoms. The molecule has 1 aromatic carbocycles. The van der Waals surface area contributed by atoms with Gasteiger partial charge in [0.25, 0.3) is 6.43 Å². The van der Waals surface area contributed by atoms with Crippen molar-refractivity contribution in [1.29, 1.82) is 0 Å². The third-order valence-electron chi connectivity index (χ3n) is 2.77.